The number of anilines is 1. The highest BCUT2D eigenvalue weighted by molar-refractivity contribution is 5.75. The molecule has 1 rings (SSSR count). The lowest BCUT2D eigenvalue weighted by Gasteiger charge is -2.16. The summed E-state index contributed by atoms with van der Waals surface area (Å²) in [4.78, 5) is 22.8. The molecule has 0 heterocycles. The summed E-state index contributed by atoms with van der Waals surface area (Å²) in [7, 11) is 3.59. The molecule has 0 spiro atoms. The maximum absolute atomic E-state index is 11.0. The minimum atomic E-state index is -0.786. The van der Waals surface area contributed by atoms with Gasteiger partial charge in [-0.25, -0.2) is 10.2 Å². The van der Waals surface area contributed by atoms with E-state index in [2.05, 4.69) is 5.10 Å². The molecule has 0 bridgehead atoms. The fourth-order valence-corrected chi connectivity index (χ4v) is 1.61. The number of primary amides is 1. The molecular weight excluding hydrogens is 250 g/mol. The zero-order valence-corrected chi connectivity index (χ0v) is 10.7. The third kappa shape index (κ3) is 3.95. The number of rotatable bonds is 5. The Morgan fingerprint density at radius 3 is 2.79 bits per heavy atom. The van der Waals surface area contributed by atoms with E-state index in [4.69, 9.17) is 5.73 Å². The van der Waals surface area contributed by atoms with Gasteiger partial charge in [0.15, 0.2) is 0 Å². The Morgan fingerprint density at radius 1 is 1.58 bits per heavy atom. The smallest absolute Gasteiger partial charge is 0.332 e. The molecule has 2 amide bonds. The predicted molar refractivity (Wildman–Crippen MR) is 72.3 cm³/mol. The summed E-state index contributed by atoms with van der Waals surface area (Å²) >= 11 is 0. The lowest BCUT2D eigenvalue weighted by molar-refractivity contribution is -0.385. The van der Waals surface area contributed by atoms with Gasteiger partial charge < -0.3 is 10.6 Å². The molecule has 0 fully saturated rings. The van der Waals surface area contributed by atoms with Crippen LogP contribution in [0.25, 0.3) is 0 Å². The van der Waals surface area contributed by atoms with Crippen LogP contribution in [0.5, 0.6) is 0 Å². The molecule has 0 saturated carbocycles. The number of nitro benzene ring substituents is 1. The Balaban J connectivity index is 3.04. The second-order valence-electron chi connectivity index (χ2n) is 3.92. The van der Waals surface area contributed by atoms with Crippen molar-refractivity contribution < 1.29 is 9.72 Å². The van der Waals surface area contributed by atoms with E-state index >= 15 is 0 Å². The molecule has 3 N–H and O–H groups in total. The van der Waals surface area contributed by atoms with Crippen LogP contribution in [0.15, 0.2) is 23.3 Å². The number of carbonyl (C=O) groups excluding carboxylic acids is 1. The van der Waals surface area contributed by atoms with E-state index in [1.165, 1.54) is 12.3 Å². The van der Waals surface area contributed by atoms with E-state index in [0.29, 0.717) is 5.56 Å². The van der Waals surface area contributed by atoms with Crippen molar-refractivity contribution in [3.8, 4) is 0 Å². The van der Waals surface area contributed by atoms with Gasteiger partial charge >= 0.3 is 6.03 Å². The van der Waals surface area contributed by atoms with Crippen LogP contribution in [0.1, 0.15) is 5.56 Å². The van der Waals surface area contributed by atoms with Crippen molar-refractivity contribution in [1.82, 2.24) is 5.43 Å². The van der Waals surface area contributed by atoms with Crippen LogP contribution in [0.3, 0.4) is 0 Å². The highest BCUT2D eigenvalue weighted by Crippen LogP contribution is 2.28. The minimum Gasteiger partial charge on any atom is -0.377 e. The molecule has 0 aliphatic carbocycles. The first-order chi connectivity index (χ1) is 8.93. The van der Waals surface area contributed by atoms with Crippen LogP contribution >= 0.6 is 0 Å². The van der Waals surface area contributed by atoms with Crippen molar-refractivity contribution in [1.29, 1.82) is 0 Å². The van der Waals surface area contributed by atoms with E-state index in [0.717, 1.165) is 5.69 Å². The number of nitrogens with two attached hydrogens (primary N) is 1. The van der Waals surface area contributed by atoms with E-state index in [9.17, 15) is 14.9 Å². The predicted octanol–water partition coefficient (Wildman–Crippen LogP) is 0.857. The van der Waals surface area contributed by atoms with E-state index in [1.807, 2.05) is 5.43 Å². The van der Waals surface area contributed by atoms with Crippen molar-refractivity contribution in [2.24, 2.45) is 10.8 Å². The van der Waals surface area contributed by atoms with Crippen molar-refractivity contribution in [2.75, 3.05) is 19.0 Å². The first-order valence-electron chi connectivity index (χ1n) is 5.44. The molecule has 0 radical (unpaired) electrons. The van der Waals surface area contributed by atoms with Gasteiger partial charge in [-0.2, -0.15) is 5.10 Å². The lowest BCUT2D eigenvalue weighted by atomic mass is 10.1. The Morgan fingerprint density at radius 2 is 2.26 bits per heavy atom. The first kappa shape index (κ1) is 14.4. The highest BCUT2D eigenvalue weighted by Gasteiger charge is 2.17. The molecule has 8 heteroatoms. The molecule has 0 atom stereocenters. The summed E-state index contributed by atoms with van der Waals surface area (Å²) in [6.07, 6.45) is 1.57. The van der Waals surface area contributed by atoms with Crippen LogP contribution in [-0.4, -0.2) is 31.3 Å². The van der Waals surface area contributed by atoms with Crippen molar-refractivity contribution >= 4 is 23.6 Å². The first-order valence-corrected chi connectivity index (χ1v) is 5.44. The number of hydrazone groups is 1. The lowest BCUT2D eigenvalue weighted by Crippen LogP contribution is -2.24. The van der Waals surface area contributed by atoms with Gasteiger partial charge in [-0.05, 0) is 6.07 Å². The number of hydrogen-bond donors (Lipinski definition) is 2. The maximum Gasteiger partial charge on any atom is 0.332 e. The van der Waals surface area contributed by atoms with E-state index in [-0.39, 0.29) is 12.1 Å². The number of amides is 2. The summed E-state index contributed by atoms with van der Waals surface area (Å²) in [5, 5.41) is 14.6. The van der Waals surface area contributed by atoms with Crippen LogP contribution in [0.4, 0.5) is 16.2 Å². The molecule has 1 aromatic carbocycles. The van der Waals surface area contributed by atoms with Gasteiger partial charge in [-0.1, -0.05) is 6.07 Å². The molecule has 0 saturated heterocycles. The van der Waals surface area contributed by atoms with Crippen LogP contribution in [-0.2, 0) is 6.42 Å². The van der Waals surface area contributed by atoms with Crippen molar-refractivity contribution in [2.45, 2.75) is 6.42 Å². The molecule has 0 unspecified atom stereocenters. The van der Waals surface area contributed by atoms with Crippen LogP contribution in [0.2, 0.25) is 0 Å². The molecule has 8 nitrogen and oxygen atoms in total. The van der Waals surface area contributed by atoms with E-state index < -0.39 is 11.0 Å². The van der Waals surface area contributed by atoms with Gasteiger partial charge in [0, 0.05) is 38.5 Å². The number of urea groups is 1. The highest BCUT2D eigenvalue weighted by atomic mass is 16.6. The average molecular weight is 265 g/mol. The Labute approximate surface area is 110 Å². The summed E-state index contributed by atoms with van der Waals surface area (Å²) in [5.41, 5.74) is 8.14. The zero-order valence-electron chi connectivity index (χ0n) is 10.7. The van der Waals surface area contributed by atoms with Gasteiger partial charge in [0.2, 0.25) is 0 Å². The fourth-order valence-electron chi connectivity index (χ4n) is 1.61. The summed E-state index contributed by atoms with van der Waals surface area (Å²) in [6.45, 7) is 0. The fraction of sp³-hybridized carbons (Fsp3) is 0.273. The third-order valence-corrected chi connectivity index (χ3v) is 2.37. The normalized spacial score (nSPS) is 10.4. The number of nitrogens with one attached hydrogen (secondary N) is 1. The summed E-state index contributed by atoms with van der Waals surface area (Å²) < 4.78 is 0. The average Bonchev–Trinajstić information content (AvgIpc) is 2.33. The number of carbonyl (C=O) groups is 1. The maximum atomic E-state index is 11.0. The molecule has 102 valence electrons. The molecule has 0 aliphatic heterocycles. The summed E-state index contributed by atoms with van der Waals surface area (Å²) in [5.74, 6) is 0. The van der Waals surface area contributed by atoms with Crippen molar-refractivity contribution in [3.05, 3.63) is 33.9 Å². The standard InChI is InChI=1S/C11H15N5O3/c1-15(2)9-4-3-5-10(16(18)19)8(9)6-7-13-14-11(12)17/h3-5,7H,6H2,1-2H3,(H3,12,14,17)/b13-7+. The largest absolute Gasteiger partial charge is 0.377 e. The van der Waals surface area contributed by atoms with Gasteiger partial charge in [0.1, 0.15) is 0 Å². The van der Waals surface area contributed by atoms with Gasteiger partial charge in [-0.3, -0.25) is 10.1 Å². The van der Waals surface area contributed by atoms with Gasteiger partial charge in [-0.15, -0.1) is 0 Å². The number of hydrogen-bond acceptors (Lipinski definition) is 5. The van der Waals surface area contributed by atoms with Gasteiger partial charge in [0.25, 0.3) is 5.69 Å². The molecule has 0 aromatic heterocycles. The number of nitrogens with zero attached hydrogens (tertiary/aromatic N) is 3. The van der Waals surface area contributed by atoms with Crippen LogP contribution < -0.4 is 16.1 Å². The summed E-state index contributed by atoms with van der Waals surface area (Å²) in [6, 6.07) is 4.04. The van der Waals surface area contributed by atoms with E-state index in [1.54, 1.807) is 31.1 Å². The Hall–Kier alpha value is -2.64. The zero-order chi connectivity index (χ0) is 14.4. The topological polar surface area (TPSA) is 114 Å². The second kappa shape index (κ2) is 6.34. The van der Waals surface area contributed by atoms with Crippen LogP contribution in [0, 0.1) is 10.1 Å². The monoisotopic (exact) mass is 265 g/mol. The molecule has 1 aromatic rings. The second-order valence-corrected chi connectivity index (χ2v) is 3.92. The number of nitro groups is 1. The van der Waals surface area contributed by atoms with Crippen molar-refractivity contribution in [3.63, 3.8) is 0 Å². The minimum absolute atomic E-state index is 0.0109. The quantitative estimate of drug-likeness (QED) is 0.466. The Kier molecular flexibility index (Phi) is 4.81. The van der Waals surface area contributed by atoms with Gasteiger partial charge in [0.05, 0.1) is 10.5 Å². The SMILES string of the molecule is CN(C)c1cccc([N+](=O)[O-])c1C/C=N/NC(N)=O. The third-order valence-electron chi connectivity index (χ3n) is 2.37. The molecule has 19 heavy (non-hydrogen) atoms. The molecule has 0 aliphatic rings. The Bertz CT molecular complexity index is 513. The number of benzene rings is 1. The molecular formula is C11H15N5O3.